The second-order valence-electron chi connectivity index (χ2n) is 10.2. The maximum atomic E-state index is 12.7. The van der Waals surface area contributed by atoms with Gasteiger partial charge >= 0.3 is 11.9 Å². The van der Waals surface area contributed by atoms with E-state index in [1.165, 1.54) is 35.8 Å². The van der Waals surface area contributed by atoms with Crippen molar-refractivity contribution in [2.75, 3.05) is 47.8 Å². The van der Waals surface area contributed by atoms with Gasteiger partial charge in [0.25, 0.3) is 0 Å². The second-order valence-corrected chi connectivity index (χ2v) is 14.4. The molecule has 0 spiro atoms. The number of esters is 2. The molecular weight excluding hydrogens is 798 g/mol. The Balaban J connectivity index is 1.37. The van der Waals surface area contributed by atoms with Crippen LogP contribution < -0.4 is 22.1 Å². The average Bonchev–Trinajstić information content (AvgIpc) is 3.11. The van der Waals surface area contributed by atoms with Crippen LogP contribution in [0.4, 0.5) is 46.3 Å². The van der Waals surface area contributed by atoms with Crippen molar-refractivity contribution >= 4 is 126 Å². The van der Waals surface area contributed by atoms with Crippen LogP contribution in [0.1, 0.15) is 12.8 Å². The third-order valence-corrected chi connectivity index (χ3v) is 10.1. The number of carbonyl (C=O) groups excluding carboxylic acids is 2. The third-order valence-electron chi connectivity index (χ3n) is 6.56. The summed E-state index contributed by atoms with van der Waals surface area (Å²) in [5, 5.41) is 23.6. The molecule has 4 aromatic rings. The van der Waals surface area contributed by atoms with Crippen LogP contribution in [0.15, 0.2) is 69.0 Å². The van der Waals surface area contributed by atoms with Crippen LogP contribution in [0, 0.1) is 0 Å². The fraction of sp³-hybridized carbons (Fsp3) is 0.267. The minimum Gasteiger partial charge on any atom is -0.467 e. The Kier molecular flexibility index (Phi) is 15.7. The van der Waals surface area contributed by atoms with Gasteiger partial charge in [-0.3, -0.25) is 0 Å². The molecule has 0 amide bonds. The lowest BCUT2D eigenvalue weighted by atomic mass is 10.2. The van der Waals surface area contributed by atoms with Gasteiger partial charge in [-0.1, -0.05) is 68.0 Å². The van der Waals surface area contributed by atoms with Crippen LogP contribution in [0.3, 0.4) is 0 Å². The third kappa shape index (κ3) is 12.2. The van der Waals surface area contributed by atoms with Gasteiger partial charge in [-0.2, -0.15) is 30.2 Å². The summed E-state index contributed by atoms with van der Waals surface area (Å²) in [6.45, 7) is 0. The minimum atomic E-state index is -0.856. The molecule has 0 aliphatic rings. The first-order chi connectivity index (χ1) is 25.0. The Labute approximate surface area is 325 Å². The topological polar surface area (TPSA) is 230 Å². The smallest absolute Gasteiger partial charge is 0.328 e. The normalized spacial score (nSPS) is 12.5. The number of anilines is 4. The molecule has 2 aromatic heterocycles. The molecule has 0 saturated carbocycles. The highest BCUT2D eigenvalue weighted by Crippen LogP contribution is 2.36. The number of hydrogen-bond donors (Lipinski definition) is 4. The van der Waals surface area contributed by atoms with Crippen LogP contribution in [0.2, 0.25) is 20.4 Å². The number of carbonyl (C=O) groups is 2. The minimum absolute atomic E-state index is 0.0707. The molecule has 16 nitrogen and oxygen atoms in total. The number of nitrogen functional groups attached to an aromatic ring is 2. The van der Waals surface area contributed by atoms with E-state index in [1.54, 1.807) is 48.5 Å². The Bertz CT molecular complexity index is 1770. The summed E-state index contributed by atoms with van der Waals surface area (Å²) >= 11 is 24.5. The van der Waals surface area contributed by atoms with Gasteiger partial charge < -0.3 is 31.6 Å². The van der Waals surface area contributed by atoms with Crippen LogP contribution in [-0.2, 0) is 19.1 Å². The maximum Gasteiger partial charge on any atom is 0.328 e. The lowest BCUT2D eigenvalue weighted by Crippen LogP contribution is -2.32. The molecule has 0 aliphatic carbocycles. The summed E-state index contributed by atoms with van der Waals surface area (Å²) in [5.41, 5.74) is 12.8. The Morgan fingerprint density at radius 3 is 1.37 bits per heavy atom. The van der Waals surface area contributed by atoms with Gasteiger partial charge in [0.05, 0.1) is 25.6 Å². The zero-order valence-corrected chi connectivity index (χ0v) is 32.0. The number of rotatable bonds is 17. The van der Waals surface area contributed by atoms with Crippen LogP contribution in [0.25, 0.3) is 0 Å². The summed E-state index contributed by atoms with van der Waals surface area (Å²) < 4.78 is 10.0. The highest BCUT2D eigenvalue weighted by atomic mass is 35.5. The number of benzene rings is 2. The lowest BCUT2D eigenvalue weighted by Gasteiger charge is -2.19. The Morgan fingerprint density at radius 2 is 1.02 bits per heavy atom. The first kappa shape index (κ1) is 40.6. The molecule has 0 bridgehead atoms. The van der Waals surface area contributed by atoms with Crippen molar-refractivity contribution in [1.82, 2.24) is 19.9 Å². The average molecular weight is 829 g/mol. The maximum absolute atomic E-state index is 12.7. The molecule has 0 fully saturated rings. The van der Waals surface area contributed by atoms with Crippen LogP contribution in [0.5, 0.6) is 0 Å². The van der Waals surface area contributed by atoms with Gasteiger partial charge in [0.15, 0.2) is 33.3 Å². The molecule has 6 N–H and O–H groups in total. The van der Waals surface area contributed by atoms with Crippen molar-refractivity contribution in [1.29, 1.82) is 0 Å². The molecule has 2 heterocycles. The van der Waals surface area contributed by atoms with Crippen molar-refractivity contribution in [3.05, 3.63) is 68.9 Å². The monoisotopic (exact) mass is 826 g/mol. The first-order valence-corrected chi connectivity index (χ1v) is 18.9. The summed E-state index contributed by atoms with van der Waals surface area (Å²) in [6.07, 6.45) is 0.609. The molecule has 2 atom stereocenters. The number of methoxy groups -OCH3 is 2. The number of hydrogen-bond acceptors (Lipinski definition) is 18. The molecule has 22 heteroatoms. The number of azo groups is 2. The zero-order valence-electron chi connectivity index (χ0n) is 27.3. The van der Waals surface area contributed by atoms with Crippen LogP contribution in [-0.4, -0.2) is 69.7 Å². The van der Waals surface area contributed by atoms with E-state index in [0.717, 1.165) is 0 Å². The second kappa shape index (κ2) is 20.1. The molecular formula is C30H30Cl4N12O4S2. The van der Waals surface area contributed by atoms with Crippen molar-refractivity contribution < 1.29 is 19.1 Å². The van der Waals surface area contributed by atoms with E-state index in [2.05, 4.69) is 51.0 Å². The van der Waals surface area contributed by atoms with Crippen molar-refractivity contribution in [3.8, 4) is 0 Å². The fourth-order valence-corrected chi connectivity index (χ4v) is 6.92. The quantitative estimate of drug-likeness (QED) is 0.0257. The Morgan fingerprint density at radius 1 is 0.654 bits per heavy atom. The van der Waals surface area contributed by atoms with E-state index in [4.69, 9.17) is 67.3 Å². The van der Waals surface area contributed by atoms with Gasteiger partial charge in [-0.25, -0.2) is 9.59 Å². The van der Waals surface area contributed by atoms with Crippen molar-refractivity contribution in [2.24, 2.45) is 20.5 Å². The fourth-order valence-electron chi connectivity index (χ4n) is 4.06. The SMILES string of the molecule is COC(=O)C(CCSSCCC(Nc1nc(N)nc(Cl)c1/N=N\c1ccc(Cl)cc1)C(=O)OC)Nc1nc(N)nc(Cl)c1/N=N\c1ccc(Cl)cc1. The van der Waals surface area contributed by atoms with Crippen molar-refractivity contribution in [2.45, 2.75) is 24.9 Å². The number of nitrogens with one attached hydrogen (secondary N) is 2. The van der Waals surface area contributed by atoms with E-state index in [1.807, 2.05) is 0 Å². The number of halogens is 4. The first-order valence-electron chi connectivity index (χ1n) is 14.9. The van der Waals surface area contributed by atoms with E-state index < -0.39 is 24.0 Å². The number of nitrogens with zero attached hydrogens (tertiary/aromatic N) is 8. The number of ether oxygens (including phenoxy) is 2. The molecule has 0 radical (unpaired) electrons. The van der Waals surface area contributed by atoms with Gasteiger partial charge in [0.1, 0.15) is 12.1 Å². The van der Waals surface area contributed by atoms with E-state index in [0.29, 0.717) is 45.8 Å². The molecule has 2 aromatic carbocycles. The lowest BCUT2D eigenvalue weighted by molar-refractivity contribution is -0.142. The van der Waals surface area contributed by atoms with Gasteiger partial charge in [-0.15, -0.1) is 10.2 Å². The van der Waals surface area contributed by atoms with Gasteiger partial charge in [-0.05, 0) is 61.4 Å². The van der Waals surface area contributed by atoms with E-state index >= 15 is 0 Å². The highest BCUT2D eigenvalue weighted by Gasteiger charge is 2.25. The van der Waals surface area contributed by atoms with E-state index in [9.17, 15) is 9.59 Å². The molecule has 0 saturated heterocycles. The molecule has 4 rings (SSSR count). The molecule has 2 unspecified atom stereocenters. The predicted octanol–water partition coefficient (Wildman–Crippen LogP) is 8.64. The summed E-state index contributed by atoms with van der Waals surface area (Å²) in [7, 11) is 5.47. The van der Waals surface area contributed by atoms with Crippen LogP contribution >= 0.6 is 68.0 Å². The number of nitrogens with two attached hydrogens (primary N) is 2. The summed E-state index contributed by atoms with van der Waals surface area (Å²) in [6, 6.07) is 11.6. The van der Waals surface area contributed by atoms with Gasteiger partial charge in [0, 0.05) is 21.6 Å². The standard InChI is InChI=1S/C30H30Cl4N12O4S2/c1-49-27(47)19(37-25-21(23(33)39-29(35)41-25)45-43-17-7-3-15(31)4-8-17)11-13-51-52-14-12-20(28(48)50-2)38-26-22(24(34)40-30(36)42-26)46-44-18-9-5-16(32)6-10-18/h3-10,19-20H,11-14H2,1-2H3,(H3,35,37,39,41)(H3,36,38,40,42)/b45-43-,46-44-. The predicted molar refractivity (Wildman–Crippen MR) is 207 cm³/mol. The zero-order chi connectivity index (χ0) is 37.6. The van der Waals surface area contributed by atoms with Gasteiger partial charge in [0.2, 0.25) is 11.9 Å². The largest absolute Gasteiger partial charge is 0.467 e. The molecule has 0 aliphatic heterocycles. The summed E-state index contributed by atoms with van der Waals surface area (Å²) in [5.74, 6) is -0.232. The summed E-state index contributed by atoms with van der Waals surface area (Å²) in [4.78, 5) is 41.7. The molecule has 52 heavy (non-hydrogen) atoms. The number of aromatic nitrogens is 4. The Hall–Kier alpha value is -4.20. The molecule has 274 valence electrons. The van der Waals surface area contributed by atoms with Crippen molar-refractivity contribution in [3.63, 3.8) is 0 Å². The highest BCUT2D eigenvalue weighted by molar-refractivity contribution is 8.76. The van der Waals surface area contributed by atoms with E-state index in [-0.39, 0.29) is 45.2 Å².